The van der Waals surface area contributed by atoms with Crippen molar-refractivity contribution in [3.05, 3.63) is 87.0 Å². The third kappa shape index (κ3) is 5.99. The van der Waals surface area contributed by atoms with Gasteiger partial charge in [-0.2, -0.15) is 0 Å². The lowest BCUT2D eigenvalue weighted by Crippen LogP contribution is -2.41. The molecule has 1 unspecified atom stereocenters. The number of methoxy groups -OCH3 is 1. The van der Waals surface area contributed by atoms with E-state index >= 15 is 0 Å². The first-order chi connectivity index (χ1) is 22.2. The van der Waals surface area contributed by atoms with Crippen LogP contribution in [-0.4, -0.2) is 62.9 Å². The van der Waals surface area contributed by atoms with Crippen LogP contribution < -0.4 is 10.1 Å². The number of hydrogen-bond donors (Lipinski definition) is 3. The van der Waals surface area contributed by atoms with E-state index in [0.717, 1.165) is 0 Å². The Morgan fingerprint density at radius 3 is 2.17 bits per heavy atom. The number of aldehydes is 1. The van der Waals surface area contributed by atoms with Crippen LogP contribution in [0.15, 0.2) is 60.7 Å². The van der Waals surface area contributed by atoms with Gasteiger partial charge in [-0.15, -0.1) is 0 Å². The number of ether oxygens (including phenoxy) is 1. The maximum absolute atomic E-state index is 12.0. The van der Waals surface area contributed by atoms with Crippen LogP contribution in [0.2, 0.25) is 15.1 Å². The number of carbonyl (C=O) groups is 3. The summed E-state index contributed by atoms with van der Waals surface area (Å²) in [5, 5.41) is 14.4. The Labute approximate surface area is 278 Å². The third-order valence-electron chi connectivity index (χ3n) is 7.87. The molecule has 1 atom stereocenters. The van der Waals surface area contributed by atoms with Crippen LogP contribution in [0.1, 0.15) is 28.9 Å². The first-order valence-electron chi connectivity index (χ1n) is 14.2. The van der Waals surface area contributed by atoms with Crippen LogP contribution in [-0.2, 0) is 11.3 Å². The van der Waals surface area contributed by atoms with Gasteiger partial charge in [0.25, 0.3) is 0 Å². The van der Waals surface area contributed by atoms with E-state index in [0.29, 0.717) is 84.4 Å². The van der Waals surface area contributed by atoms with Gasteiger partial charge in [0, 0.05) is 52.2 Å². The summed E-state index contributed by atoms with van der Waals surface area (Å²) in [6, 6.07) is 17.9. The van der Waals surface area contributed by atoms with Gasteiger partial charge in [0.2, 0.25) is 11.8 Å². The van der Waals surface area contributed by atoms with Gasteiger partial charge < -0.3 is 25.0 Å². The van der Waals surface area contributed by atoms with E-state index in [4.69, 9.17) is 39.5 Å². The van der Waals surface area contributed by atoms with Gasteiger partial charge in [0.05, 0.1) is 45.8 Å². The number of nitrogens with one attached hydrogen (secondary N) is 2. The minimum Gasteiger partial charge on any atom is -0.481 e. The summed E-state index contributed by atoms with van der Waals surface area (Å²) >= 11 is 20.3. The zero-order chi connectivity index (χ0) is 32.5. The molecule has 4 heterocycles. The number of amides is 2. The monoisotopic (exact) mass is 677 g/mol. The summed E-state index contributed by atoms with van der Waals surface area (Å²) in [5.41, 5.74) is 4.99. The van der Waals surface area contributed by atoms with E-state index in [1.165, 1.54) is 12.0 Å². The van der Waals surface area contributed by atoms with E-state index < -0.39 is 6.09 Å². The van der Waals surface area contributed by atoms with Gasteiger partial charge in [-0.05, 0) is 30.7 Å². The summed E-state index contributed by atoms with van der Waals surface area (Å²) in [6.45, 7) is 0.181. The second-order valence-corrected chi connectivity index (χ2v) is 11.9. The topological polar surface area (TPSA) is 138 Å². The van der Waals surface area contributed by atoms with E-state index in [1.807, 2.05) is 36.4 Å². The molecule has 0 bridgehead atoms. The van der Waals surface area contributed by atoms with Gasteiger partial charge in [0.1, 0.15) is 5.65 Å². The van der Waals surface area contributed by atoms with Crippen molar-refractivity contribution < 1.29 is 24.2 Å². The Morgan fingerprint density at radius 1 is 0.957 bits per heavy atom. The number of carboxylic acid groups (broad SMARTS) is 1. The molecule has 234 valence electrons. The zero-order valence-electron chi connectivity index (χ0n) is 24.3. The van der Waals surface area contributed by atoms with Crippen molar-refractivity contribution in [2.75, 3.05) is 13.7 Å². The number of H-pyrrole nitrogens is 1. The number of benzene rings is 2. The SMILES string of the molecule is COc1nc(-c2cccc(-c3cccc(-c4ccc5c(Cl)c(C=O)[nH]c5n4)c3Cl)c2Cl)ccc1CN(CC1CCC(=O)N1)C(=O)O. The molecule has 5 aromatic rings. The van der Waals surface area contributed by atoms with Crippen LogP contribution in [0.5, 0.6) is 5.88 Å². The number of aromatic nitrogens is 3. The Morgan fingerprint density at radius 2 is 1.59 bits per heavy atom. The fourth-order valence-electron chi connectivity index (χ4n) is 5.58. The Hall–Kier alpha value is -4.64. The summed E-state index contributed by atoms with van der Waals surface area (Å²) < 4.78 is 5.56. The van der Waals surface area contributed by atoms with Crippen LogP contribution >= 0.6 is 34.8 Å². The van der Waals surface area contributed by atoms with Crippen LogP contribution in [0.3, 0.4) is 0 Å². The first-order valence-corrected chi connectivity index (χ1v) is 15.3. The smallest absolute Gasteiger partial charge is 0.407 e. The highest BCUT2D eigenvalue weighted by Crippen LogP contribution is 2.42. The van der Waals surface area contributed by atoms with Gasteiger partial charge >= 0.3 is 6.09 Å². The van der Waals surface area contributed by atoms with Gasteiger partial charge in [-0.3, -0.25) is 9.59 Å². The number of nitrogens with zero attached hydrogens (tertiary/aromatic N) is 3. The number of hydrogen-bond acceptors (Lipinski definition) is 6. The molecule has 1 aliphatic heterocycles. The van der Waals surface area contributed by atoms with Gasteiger partial charge in [-0.1, -0.05) is 71.2 Å². The molecule has 2 aromatic carbocycles. The van der Waals surface area contributed by atoms with E-state index in [9.17, 15) is 19.5 Å². The third-order valence-corrected chi connectivity index (χ3v) is 9.09. The zero-order valence-corrected chi connectivity index (χ0v) is 26.6. The van der Waals surface area contributed by atoms with E-state index in [-0.39, 0.29) is 36.6 Å². The maximum Gasteiger partial charge on any atom is 0.407 e. The molecule has 0 radical (unpaired) electrons. The van der Waals surface area contributed by atoms with Crippen molar-refractivity contribution in [2.45, 2.75) is 25.4 Å². The highest BCUT2D eigenvalue weighted by atomic mass is 35.5. The van der Waals surface area contributed by atoms with Crippen LogP contribution in [0.25, 0.3) is 44.7 Å². The minimum atomic E-state index is -1.11. The maximum atomic E-state index is 12.0. The lowest BCUT2D eigenvalue weighted by atomic mass is 9.98. The van der Waals surface area contributed by atoms with E-state index in [1.54, 1.807) is 24.3 Å². The molecular weight excluding hydrogens is 653 g/mol. The molecule has 3 aromatic heterocycles. The average Bonchev–Trinajstić information content (AvgIpc) is 3.62. The molecule has 13 heteroatoms. The summed E-state index contributed by atoms with van der Waals surface area (Å²) in [5.74, 6) is 0.171. The normalized spacial score (nSPS) is 14.3. The molecule has 0 aliphatic carbocycles. The Balaban J connectivity index is 1.31. The van der Waals surface area contributed by atoms with Crippen LogP contribution in [0, 0.1) is 0 Å². The lowest BCUT2D eigenvalue weighted by molar-refractivity contribution is -0.119. The quantitative estimate of drug-likeness (QED) is 0.137. The number of aromatic amines is 1. The molecule has 46 heavy (non-hydrogen) atoms. The minimum absolute atomic E-state index is 0.0271. The van der Waals surface area contributed by atoms with Crippen molar-refractivity contribution in [1.82, 2.24) is 25.2 Å². The molecule has 1 saturated heterocycles. The van der Waals surface area contributed by atoms with Gasteiger partial charge in [0.15, 0.2) is 6.29 Å². The molecule has 1 fully saturated rings. The van der Waals surface area contributed by atoms with Crippen molar-refractivity contribution >= 4 is 64.1 Å². The Kier molecular flexibility index (Phi) is 8.86. The number of fused-ring (bicyclic) bond motifs is 1. The second-order valence-electron chi connectivity index (χ2n) is 10.7. The fourth-order valence-corrected chi connectivity index (χ4v) is 6.47. The fraction of sp³-hybridized carbons (Fsp3) is 0.182. The molecule has 0 spiro atoms. The van der Waals surface area contributed by atoms with E-state index in [2.05, 4.69) is 20.3 Å². The predicted octanol–water partition coefficient (Wildman–Crippen LogP) is 7.50. The number of pyridine rings is 2. The van der Waals surface area contributed by atoms with Gasteiger partial charge in [-0.25, -0.2) is 14.8 Å². The first kappa shape index (κ1) is 31.3. The van der Waals surface area contributed by atoms with Crippen molar-refractivity contribution in [3.63, 3.8) is 0 Å². The summed E-state index contributed by atoms with van der Waals surface area (Å²) in [6.07, 6.45) is 0.494. The highest BCUT2D eigenvalue weighted by Gasteiger charge is 2.26. The molecule has 0 saturated carbocycles. The molecule has 10 nitrogen and oxygen atoms in total. The molecular formula is C33H26Cl3N5O5. The molecule has 2 amide bonds. The standard InChI is InChI=1S/C33H26Cl3N5O5/c1-46-32-17(14-41(33(44)45)15-18-9-13-27(43)37-18)8-11-25(40-32)22-7-3-5-20(29(22)35)19-4-2-6-21(28(19)34)24-12-10-23-30(36)26(16-42)39-31(23)38-24/h2-8,10-12,16,18H,9,13-15H2,1H3,(H,37,43)(H,38,39)(H,44,45). The molecule has 6 rings (SSSR count). The van der Waals surface area contributed by atoms with Crippen molar-refractivity contribution in [2.24, 2.45) is 0 Å². The largest absolute Gasteiger partial charge is 0.481 e. The highest BCUT2D eigenvalue weighted by molar-refractivity contribution is 6.39. The average molecular weight is 679 g/mol. The lowest BCUT2D eigenvalue weighted by Gasteiger charge is -2.23. The number of carbonyl (C=O) groups excluding carboxylic acids is 2. The van der Waals surface area contributed by atoms with Crippen molar-refractivity contribution in [1.29, 1.82) is 0 Å². The number of rotatable bonds is 9. The molecule has 3 N–H and O–H groups in total. The predicted molar refractivity (Wildman–Crippen MR) is 177 cm³/mol. The van der Waals surface area contributed by atoms with Crippen molar-refractivity contribution in [3.8, 4) is 39.5 Å². The molecule has 1 aliphatic rings. The summed E-state index contributed by atoms with van der Waals surface area (Å²) in [4.78, 5) is 48.4. The Bertz CT molecular complexity index is 2010. The second kappa shape index (κ2) is 13.0. The summed E-state index contributed by atoms with van der Waals surface area (Å²) in [7, 11) is 1.47. The number of halogens is 3. The van der Waals surface area contributed by atoms with Crippen LogP contribution in [0.4, 0.5) is 4.79 Å².